The number of hydrogen-bond donors (Lipinski definition) is 1. The molecule has 0 aliphatic carbocycles. The zero-order valence-electron chi connectivity index (χ0n) is 11.6. The molecule has 2 N–H and O–H groups in total. The molecule has 1 atom stereocenters. The molecule has 1 aromatic heterocycles. The van der Waals surface area contributed by atoms with E-state index in [2.05, 4.69) is 25.8 Å². The van der Waals surface area contributed by atoms with E-state index in [1.807, 2.05) is 23.9 Å². The standard InChI is InChI=1S/C14H24N2OS/c1-13(2)8-14(9-15,11-18-10-13)16(3)7-12-5-4-6-17-12/h4-6H,7-11,15H2,1-3H3. The molecular weight excluding hydrogens is 244 g/mol. The quantitative estimate of drug-likeness (QED) is 0.911. The zero-order chi connectivity index (χ0) is 13.2. The summed E-state index contributed by atoms with van der Waals surface area (Å²) in [6.45, 7) is 6.22. The first-order chi connectivity index (χ1) is 8.47. The van der Waals surface area contributed by atoms with Crippen molar-refractivity contribution in [1.82, 2.24) is 4.90 Å². The lowest BCUT2D eigenvalue weighted by Gasteiger charge is -2.49. The minimum atomic E-state index is 0.0964. The van der Waals surface area contributed by atoms with Crippen molar-refractivity contribution < 1.29 is 4.42 Å². The summed E-state index contributed by atoms with van der Waals surface area (Å²) in [6.07, 6.45) is 2.89. The van der Waals surface area contributed by atoms with Gasteiger partial charge in [0.25, 0.3) is 0 Å². The van der Waals surface area contributed by atoms with Crippen LogP contribution >= 0.6 is 11.8 Å². The van der Waals surface area contributed by atoms with Crippen LogP contribution < -0.4 is 5.73 Å². The van der Waals surface area contributed by atoms with E-state index in [1.165, 1.54) is 5.75 Å². The van der Waals surface area contributed by atoms with Gasteiger partial charge in [-0.3, -0.25) is 4.90 Å². The molecule has 0 bridgehead atoms. The second-order valence-corrected chi connectivity index (χ2v) is 7.18. The van der Waals surface area contributed by atoms with Crippen molar-refractivity contribution in [2.24, 2.45) is 11.1 Å². The lowest BCUT2D eigenvalue weighted by molar-refractivity contribution is 0.0808. The van der Waals surface area contributed by atoms with Crippen LogP contribution in [0, 0.1) is 5.41 Å². The third-order valence-corrected chi connectivity index (χ3v) is 5.56. The molecule has 2 rings (SSSR count). The van der Waals surface area contributed by atoms with Gasteiger partial charge >= 0.3 is 0 Å². The van der Waals surface area contributed by atoms with Crippen LogP contribution in [0.4, 0.5) is 0 Å². The first-order valence-corrected chi connectivity index (χ1v) is 7.64. The second kappa shape index (κ2) is 5.27. The van der Waals surface area contributed by atoms with Gasteiger partial charge in [0.2, 0.25) is 0 Å². The maximum Gasteiger partial charge on any atom is 0.117 e. The third kappa shape index (κ3) is 2.92. The average molecular weight is 268 g/mol. The number of rotatable bonds is 4. The van der Waals surface area contributed by atoms with E-state index < -0.39 is 0 Å². The molecule has 1 unspecified atom stereocenters. The van der Waals surface area contributed by atoms with Gasteiger partial charge in [-0.1, -0.05) is 13.8 Å². The normalized spacial score (nSPS) is 27.6. The first-order valence-electron chi connectivity index (χ1n) is 6.49. The average Bonchev–Trinajstić information content (AvgIpc) is 2.80. The topological polar surface area (TPSA) is 42.4 Å². The van der Waals surface area contributed by atoms with E-state index in [9.17, 15) is 0 Å². The Morgan fingerprint density at radius 3 is 2.78 bits per heavy atom. The number of nitrogens with two attached hydrogens (primary N) is 1. The molecule has 0 saturated carbocycles. The van der Waals surface area contributed by atoms with Crippen molar-refractivity contribution in [3.8, 4) is 0 Å². The molecule has 1 aliphatic heterocycles. The Balaban J connectivity index is 2.11. The highest BCUT2D eigenvalue weighted by atomic mass is 32.2. The van der Waals surface area contributed by atoms with Crippen LogP contribution in [-0.2, 0) is 6.54 Å². The highest BCUT2D eigenvalue weighted by molar-refractivity contribution is 7.99. The summed E-state index contributed by atoms with van der Waals surface area (Å²) in [4.78, 5) is 2.37. The Bertz CT molecular complexity index is 377. The minimum Gasteiger partial charge on any atom is -0.468 e. The van der Waals surface area contributed by atoms with Crippen LogP contribution in [0.3, 0.4) is 0 Å². The fraction of sp³-hybridized carbons (Fsp3) is 0.714. The van der Waals surface area contributed by atoms with Gasteiger partial charge in [0.1, 0.15) is 5.76 Å². The van der Waals surface area contributed by atoms with Crippen molar-refractivity contribution in [3.63, 3.8) is 0 Å². The Labute approximate surface area is 114 Å². The van der Waals surface area contributed by atoms with Crippen LogP contribution in [0.15, 0.2) is 22.8 Å². The molecule has 0 aromatic carbocycles. The predicted octanol–water partition coefficient (Wildman–Crippen LogP) is 2.57. The zero-order valence-corrected chi connectivity index (χ0v) is 12.4. The summed E-state index contributed by atoms with van der Waals surface area (Å²) in [5, 5.41) is 0. The smallest absolute Gasteiger partial charge is 0.117 e. The highest BCUT2D eigenvalue weighted by Gasteiger charge is 2.42. The lowest BCUT2D eigenvalue weighted by Crippen LogP contribution is -2.58. The van der Waals surface area contributed by atoms with E-state index in [1.54, 1.807) is 6.26 Å². The number of furan rings is 1. The van der Waals surface area contributed by atoms with Crippen LogP contribution in [0.5, 0.6) is 0 Å². The van der Waals surface area contributed by atoms with Gasteiger partial charge in [0, 0.05) is 17.8 Å². The third-order valence-electron chi connectivity index (χ3n) is 3.83. The molecule has 18 heavy (non-hydrogen) atoms. The Morgan fingerprint density at radius 2 is 2.22 bits per heavy atom. The molecular formula is C14H24N2OS. The first kappa shape index (κ1) is 14.0. The Morgan fingerprint density at radius 1 is 1.44 bits per heavy atom. The Hall–Kier alpha value is -0.450. The van der Waals surface area contributed by atoms with Gasteiger partial charge in [-0.2, -0.15) is 11.8 Å². The maximum atomic E-state index is 6.10. The molecule has 2 heterocycles. The fourth-order valence-electron chi connectivity index (χ4n) is 2.85. The lowest BCUT2D eigenvalue weighted by atomic mass is 9.79. The van der Waals surface area contributed by atoms with Crippen LogP contribution in [0.2, 0.25) is 0 Å². The molecule has 102 valence electrons. The maximum absolute atomic E-state index is 6.10. The van der Waals surface area contributed by atoms with Crippen molar-refractivity contribution in [2.75, 3.05) is 25.1 Å². The molecule has 0 spiro atoms. The highest BCUT2D eigenvalue weighted by Crippen LogP contribution is 2.41. The van der Waals surface area contributed by atoms with Crippen molar-refractivity contribution in [2.45, 2.75) is 32.4 Å². The number of nitrogens with zero attached hydrogens (tertiary/aromatic N) is 1. The molecule has 0 amide bonds. The number of hydrogen-bond acceptors (Lipinski definition) is 4. The SMILES string of the molecule is CN(Cc1ccco1)C1(CN)CSCC(C)(C)C1. The fourth-order valence-corrected chi connectivity index (χ4v) is 4.42. The second-order valence-electron chi connectivity index (χ2n) is 6.20. The van der Waals surface area contributed by atoms with Gasteiger partial charge < -0.3 is 10.2 Å². The van der Waals surface area contributed by atoms with Crippen molar-refractivity contribution >= 4 is 11.8 Å². The van der Waals surface area contributed by atoms with Crippen molar-refractivity contribution in [3.05, 3.63) is 24.2 Å². The molecule has 1 aromatic rings. The van der Waals surface area contributed by atoms with E-state index in [-0.39, 0.29) is 5.54 Å². The van der Waals surface area contributed by atoms with E-state index >= 15 is 0 Å². The monoisotopic (exact) mass is 268 g/mol. The van der Waals surface area contributed by atoms with Crippen LogP contribution in [-0.4, -0.2) is 35.5 Å². The van der Waals surface area contributed by atoms with E-state index in [0.717, 1.165) is 24.5 Å². The predicted molar refractivity (Wildman–Crippen MR) is 77.7 cm³/mol. The van der Waals surface area contributed by atoms with Gasteiger partial charge in [0.15, 0.2) is 0 Å². The number of thioether (sulfide) groups is 1. The Kier molecular flexibility index (Phi) is 4.09. The molecule has 1 saturated heterocycles. The molecule has 1 fully saturated rings. The summed E-state index contributed by atoms with van der Waals surface area (Å²) >= 11 is 2.02. The van der Waals surface area contributed by atoms with E-state index in [4.69, 9.17) is 10.2 Å². The largest absolute Gasteiger partial charge is 0.468 e. The van der Waals surface area contributed by atoms with Crippen molar-refractivity contribution in [1.29, 1.82) is 0 Å². The molecule has 4 heteroatoms. The molecule has 0 radical (unpaired) electrons. The van der Waals surface area contributed by atoms with Crippen LogP contribution in [0.25, 0.3) is 0 Å². The summed E-state index contributed by atoms with van der Waals surface area (Å²) in [5.41, 5.74) is 6.56. The number of likely N-dealkylation sites (N-methyl/N-ethyl adjacent to an activating group) is 1. The molecule has 3 nitrogen and oxygen atoms in total. The minimum absolute atomic E-state index is 0.0964. The summed E-state index contributed by atoms with van der Waals surface area (Å²) < 4.78 is 5.45. The van der Waals surface area contributed by atoms with Gasteiger partial charge in [-0.05, 0) is 36.8 Å². The van der Waals surface area contributed by atoms with Crippen LogP contribution in [0.1, 0.15) is 26.0 Å². The van der Waals surface area contributed by atoms with Gasteiger partial charge in [-0.15, -0.1) is 0 Å². The van der Waals surface area contributed by atoms with Gasteiger partial charge in [-0.25, -0.2) is 0 Å². The van der Waals surface area contributed by atoms with E-state index in [0.29, 0.717) is 12.0 Å². The van der Waals surface area contributed by atoms with Gasteiger partial charge in [0.05, 0.1) is 12.8 Å². The summed E-state index contributed by atoms with van der Waals surface area (Å²) in [5.74, 6) is 3.35. The summed E-state index contributed by atoms with van der Waals surface area (Å²) in [6, 6.07) is 3.97. The summed E-state index contributed by atoms with van der Waals surface area (Å²) in [7, 11) is 2.16. The molecule has 1 aliphatic rings.